The van der Waals surface area contributed by atoms with Gasteiger partial charge in [-0.25, -0.2) is 0 Å². The molecule has 0 amide bonds. The lowest BCUT2D eigenvalue weighted by atomic mass is 9.92. The number of hydrogen-bond acceptors (Lipinski definition) is 1. The van der Waals surface area contributed by atoms with E-state index in [0.29, 0.717) is 5.92 Å². The normalized spacial score (nSPS) is 20.2. The van der Waals surface area contributed by atoms with Crippen LogP contribution in [0.3, 0.4) is 0 Å². The van der Waals surface area contributed by atoms with Crippen LogP contribution in [0.15, 0.2) is 52.7 Å². The molecule has 0 aliphatic carbocycles. The molecule has 0 radical (unpaired) electrons. The first-order valence-corrected chi connectivity index (χ1v) is 11.2. The lowest BCUT2D eigenvalue weighted by molar-refractivity contribution is -0.466. The number of rotatable bonds is 8. The van der Waals surface area contributed by atoms with E-state index in [1.54, 1.807) is 0 Å². The molecule has 1 heterocycles. The van der Waals surface area contributed by atoms with Gasteiger partial charge >= 0.3 is 0 Å². The Hall–Kier alpha value is -0.970. The average Bonchev–Trinajstić information content (AvgIpc) is 2.69. The van der Waals surface area contributed by atoms with Crippen molar-refractivity contribution in [1.29, 1.82) is 0 Å². The van der Waals surface area contributed by atoms with E-state index in [2.05, 4.69) is 98.2 Å². The summed E-state index contributed by atoms with van der Waals surface area (Å²) in [7, 11) is 0. The minimum absolute atomic E-state index is 0.441. The molecular weight excluding hydrogens is 431 g/mol. The summed E-state index contributed by atoms with van der Waals surface area (Å²) in [6, 6.07) is 0. The molecule has 3 heteroatoms. The van der Waals surface area contributed by atoms with Crippen LogP contribution in [0, 0.1) is 5.92 Å². The molecule has 144 valence electrons. The summed E-state index contributed by atoms with van der Waals surface area (Å²) in [5.41, 5.74) is 4.02. The van der Waals surface area contributed by atoms with Gasteiger partial charge in [0.2, 0.25) is 9.42 Å². The van der Waals surface area contributed by atoms with Crippen molar-refractivity contribution in [3.05, 3.63) is 47.7 Å². The Morgan fingerprint density at radius 3 is 2.58 bits per heavy atom. The van der Waals surface area contributed by atoms with Crippen LogP contribution in [0.25, 0.3) is 0 Å². The van der Waals surface area contributed by atoms with Gasteiger partial charge in [0.05, 0.1) is 6.42 Å². The van der Waals surface area contributed by atoms with Crippen LogP contribution in [0.2, 0.25) is 0 Å². The molecule has 1 atom stereocenters. The Kier molecular flexibility index (Phi) is 11.7. The van der Waals surface area contributed by atoms with Crippen molar-refractivity contribution in [2.75, 3.05) is 13.1 Å². The van der Waals surface area contributed by atoms with Crippen LogP contribution in [0.4, 0.5) is 0 Å². The van der Waals surface area contributed by atoms with Gasteiger partial charge in [-0.3, -0.25) is 4.99 Å². The second kappa shape index (κ2) is 13.2. The quantitative estimate of drug-likeness (QED) is 0.210. The SMILES string of the molecule is C\C=C/C=C\C(=C/C)C1=CC(CCC)C(CCC)=NCCC(I)=[N+]1CC. The molecule has 1 rings (SSSR count). The van der Waals surface area contributed by atoms with Crippen LogP contribution in [0.5, 0.6) is 0 Å². The van der Waals surface area contributed by atoms with Gasteiger partial charge in [0.1, 0.15) is 6.54 Å². The summed E-state index contributed by atoms with van der Waals surface area (Å²) in [5, 5.41) is 0. The maximum atomic E-state index is 5.02. The fourth-order valence-corrected chi connectivity index (χ4v) is 4.17. The molecule has 0 spiro atoms. The number of likely N-dealkylation sites (N-methyl/N-ethyl adjacent to an activating group) is 1. The Labute approximate surface area is 174 Å². The third kappa shape index (κ3) is 6.98. The monoisotopic (exact) mass is 467 g/mol. The van der Waals surface area contributed by atoms with Crippen molar-refractivity contribution in [2.45, 2.75) is 66.7 Å². The fourth-order valence-electron chi connectivity index (χ4n) is 3.33. The van der Waals surface area contributed by atoms with E-state index in [9.17, 15) is 0 Å². The van der Waals surface area contributed by atoms with Crippen molar-refractivity contribution in [3.63, 3.8) is 0 Å². The van der Waals surface area contributed by atoms with E-state index in [1.165, 1.54) is 33.5 Å². The average molecular weight is 467 g/mol. The first kappa shape index (κ1) is 23.1. The Balaban J connectivity index is 3.52. The highest BCUT2D eigenvalue weighted by atomic mass is 127. The summed E-state index contributed by atoms with van der Waals surface area (Å²) in [4.78, 5) is 5.02. The molecule has 0 aromatic rings. The van der Waals surface area contributed by atoms with Gasteiger partial charge in [0, 0.05) is 46.3 Å². The lowest BCUT2D eigenvalue weighted by Gasteiger charge is -2.16. The molecule has 0 fully saturated rings. The first-order valence-electron chi connectivity index (χ1n) is 10.1. The van der Waals surface area contributed by atoms with Crippen LogP contribution in [-0.4, -0.2) is 27.1 Å². The van der Waals surface area contributed by atoms with E-state index < -0.39 is 0 Å². The minimum atomic E-state index is 0.441. The molecule has 0 aromatic heterocycles. The third-order valence-corrected chi connectivity index (χ3v) is 5.73. The molecule has 0 bridgehead atoms. The number of nitrogens with zero attached hydrogens (tertiary/aromatic N) is 2. The minimum Gasteiger partial charge on any atom is -0.293 e. The number of halogens is 1. The number of aliphatic imine (C=N–C) groups is 1. The highest BCUT2D eigenvalue weighted by Crippen LogP contribution is 2.24. The van der Waals surface area contributed by atoms with Crippen LogP contribution < -0.4 is 0 Å². The van der Waals surface area contributed by atoms with E-state index in [-0.39, 0.29) is 0 Å². The zero-order valence-electron chi connectivity index (χ0n) is 17.3. The summed E-state index contributed by atoms with van der Waals surface area (Å²) >= 11 is 2.51. The standard InChI is InChI=1S/C23H36IN2/c1-6-11-12-15-19(9-4)22-18-20(13-7-2)21(14-8-3)25-17-16-23(24)26(22)10-5/h6,9,11-12,15,18,20H,7-8,10,13-14,16-17H2,1-5H3/q+1/b11-6-,15-12-,19-9+,22-18?,25-21?,26-23?. The molecular formula is C23H36IN2+. The summed E-state index contributed by atoms with van der Waals surface area (Å²) in [6.45, 7) is 12.9. The van der Waals surface area contributed by atoms with E-state index in [4.69, 9.17) is 4.99 Å². The second-order valence-electron chi connectivity index (χ2n) is 6.57. The molecule has 1 unspecified atom stereocenters. The fraction of sp³-hybridized carbons (Fsp3) is 0.565. The predicted molar refractivity (Wildman–Crippen MR) is 126 cm³/mol. The highest BCUT2D eigenvalue weighted by Gasteiger charge is 2.24. The summed E-state index contributed by atoms with van der Waals surface area (Å²) in [6.07, 6.45) is 18.9. The lowest BCUT2D eigenvalue weighted by Crippen LogP contribution is -2.20. The van der Waals surface area contributed by atoms with Gasteiger partial charge in [-0.2, -0.15) is 4.58 Å². The third-order valence-electron chi connectivity index (χ3n) is 4.61. The van der Waals surface area contributed by atoms with Crippen LogP contribution >= 0.6 is 22.6 Å². The number of hydrogen-bond donors (Lipinski definition) is 0. The van der Waals surface area contributed by atoms with Gasteiger partial charge in [-0.05, 0) is 45.8 Å². The predicted octanol–water partition coefficient (Wildman–Crippen LogP) is 6.88. The van der Waals surface area contributed by atoms with E-state index >= 15 is 0 Å². The van der Waals surface area contributed by atoms with Gasteiger partial charge in [0.25, 0.3) is 0 Å². The maximum Gasteiger partial charge on any atom is 0.219 e. The molecule has 0 N–H and O–H groups in total. The van der Waals surface area contributed by atoms with Crippen molar-refractivity contribution >= 4 is 32.0 Å². The smallest absolute Gasteiger partial charge is 0.219 e. The van der Waals surface area contributed by atoms with Crippen molar-refractivity contribution in [3.8, 4) is 0 Å². The first-order chi connectivity index (χ1) is 12.6. The van der Waals surface area contributed by atoms with E-state index in [0.717, 1.165) is 32.4 Å². The van der Waals surface area contributed by atoms with Crippen LogP contribution in [0.1, 0.15) is 66.7 Å². The van der Waals surface area contributed by atoms with Crippen molar-refractivity contribution in [1.82, 2.24) is 0 Å². The van der Waals surface area contributed by atoms with E-state index in [1.807, 2.05) is 0 Å². The van der Waals surface area contributed by atoms with Crippen molar-refractivity contribution in [2.24, 2.45) is 10.9 Å². The Bertz CT molecular complexity index is 618. The van der Waals surface area contributed by atoms with Gasteiger partial charge in [0.15, 0.2) is 0 Å². The molecule has 0 saturated heterocycles. The van der Waals surface area contributed by atoms with Crippen LogP contribution in [-0.2, 0) is 0 Å². The molecule has 2 nitrogen and oxygen atoms in total. The molecule has 0 saturated carbocycles. The topological polar surface area (TPSA) is 15.4 Å². The van der Waals surface area contributed by atoms with Crippen molar-refractivity contribution < 1.29 is 4.58 Å². The summed E-state index contributed by atoms with van der Waals surface area (Å²) in [5.74, 6) is 0.441. The zero-order chi connectivity index (χ0) is 19.4. The molecule has 26 heavy (non-hydrogen) atoms. The highest BCUT2D eigenvalue weighted by molar-refractivity contribution is 14.1. The Morgan fingerprint density at radius 1 is 1.23 bits per heavy atom. The van der Waals surface area contributed by atoms with Gasteiger partial charge < -0.3 is 0 Å². The summed E-state index contributed by atoms with van der Waals surface area (Å²) < 4.78 is 3.86. The zero-order valence-corrected chi connectivity index (χ0v) is 19.4. The van der Waals surface area contributed by atoms with Gasteiger partial charge in [-0.1, -0.05) is 51.0 Å². The van der Waals surface area contributed by atoms with Gasteiger partial charge in [-0.15, -0.1) is 0 Å². The second-order valence-corrected chi connectivity index (χ2v) is 7.81. The number of allylic oxidation sites excluding steroid dienone is 6. The largest absolute Gasteiger partial charge is 0.293 e. The molecule has 0 aromatic carbocycles. The maximum absolute atomic E-state index is 5.02. The molecule has 1 aliphatic rings. The molecule has 1 aliphatic heterocycles. The Morgan fingerprint density at radius 2 is 2.00 bits per heavy atom.